The van der Waals surface area contributed by atoms with Crippen molar-refractivity contribution in [2.24, 2.45) is 5.92 Å². The summed E-state index contributed by atoms with van der Waals surface area (Å²) in [4.78, 5) is 13.3. The number of nitrogens with one attached hydrogen (secondary N) is 1. The summed E-state index contributed by atoms with van der Waals surface area (Å²) >= 11 is 1.69. The smallest absolute Gasteiger partial charge is 0.223 e. The highest BCUT2D eigenvalue weighted by Gasteiger charge is 2.29. The second kappa shape index (κ2) is 7.38. The molecular formula is C14H22N2O3S2. The maximum absolute atomic E-state index is 12.1. The van der Waals surface area contributed by atoms with Crippen molar-refractivity contribution < 1.29 is 13.2 Å². The van der Waals surface area contributed by atoms with Crippen molar-refractivity contribution in [3.8, 4) is 0 Å². The molecule has 7 heteroatoms. The number of sulfonamides is 1. The number of hydrogen-bond acceptors (Lipinski definition) is 4. The van der Waals surface area contributed by atoms with Crippen LogP contribution in [0.4, 0.5) is 0 Å². The average Bonchev–Trinajstić information content (AvgIpc) is 3.00. The molecule has 0 saturated carbocycles. The van der Waals surface area contributed by atoms with Gasteiger partial charge in [-0.15, -0.1) is 11.3 Å². The molecule has 0 unspecified atom stereocenters. The summed E-state index contributed by atoms with van der Waals surface area (Å²) in [7, 11) is -3.11. The topological polar surface area (TPSA) is 66.5 Å². The van der Waals surface area contributed by atoms with Crippen molar-refractivity contribution in [3.05, 3.63) is 22.4 Å². The molecule has 2 heterocycles. The second-order valence-electron chi connectivity index (χ2n) is 5.19. The molecule has 1 fully saturated rings. The van der Waals surface area contributed by atoms with Crippen LogP contribution in [-0.2, 0) is 21.2 Å². The third kappa shape index (κ3) is 4.52. The Bertz CT molecular complexity index is 547. The first-order valence-electron chi connectivity index (χ1n) is 7.31. The summed E-state index contributed by atoms with van der Waals surface area (Å²) in [6, 6.07) is 4.07. The monoisotopic (exact) mass is 330 g/mol. The molecule has 0 aliphatic carbocycles. The molecule has 21 heavy (non-hydrogen) atoms. The van der Waals surface area contributed by atoms with Crippen LogP contribution >= 0.6 is 11.3 Å². The Labute approximate surface area is 130 Å². The van der Waals surface area contributed by atoms with E-state index in [1.54, 1.807) is 18.3 Å². The van der Waals surface area contributed by atoms with Crippen LogP contribution in [0.5, 0.6) is 0 Å². The zero-order chi connectivity index (χ0) is 15.3. The van der Waals surface area contributed by atoms with Crippen LogP contribution < -0.4 is 5.32 Å². The van der Waals surface area contributed by atoms with Crippen LogP contribution in [0, 0.1) is 5.92 Å². The Morgan fingerprint density at radius 2 is 2.14 bits per heavy atom. The van der Waals surface area contributed by atoms with Gasteiger partial charge in [-0.3, -0.25) is 4.79 Å². The maximum atomic E-state index is 12.1. The van der Waals surface area contributed by atoms with Crippen molar-refractivity contribution in [1.29, 1.82) is 0 Å². The SMILES string of the molecule is CCS(=O)(=O)N1CCC(C(=O)NCCc2cccs2)CC1. The molecule has 1 aliphatic rings. The molecule has 1 N–H and O–H groups in total. The van der Waals surface area contributed by atoms with Crippen molar-refractivity contribution in [2.45, 2.75) is 26.2 Å². The summed E-state index contributed by atoms with van der Waals surface area (Å²) in [6.07, 6.45) is 2.08. The quantitative estimate of drug-likeness (QED) is 0.859. The second-order valence-corrected chi connectivity index (χ2v) is 8.48. The van der Waals surface area contributed by atoms with Crippen LogP contribution in [0.15, 0.2) is 17.5 Å². The van der Waals surface area contributed by atoms with Gasteiger partial charge in [-0.05, 0) is 37.6 Å². The number of hydrogen-bond donors (Lipinski definition) is 1. The van der Waals surface area contributed by atoms with E-state index in [1.807, 2.05) is 11.4 Å². The van der Waals surface area contributed by atoms with Crippen molar-refractivity contribution in [2.75, 3.05) is 25.4 Å². The molecule has 1 aromatic heterocycles. The number of carbonyl (C=O) groups is 1. The van der Waals surface area contributed by atoms with E-state index in [0.717, 1.165) is 6.42 Å². The van der Waals surface area contributed by atoms with E-state index in [0.29, 0.717) is 32.5 Å². The maximum Gasteiger partial charge on any atom is 0.223 e. The minimum Gasteiger partial charge on any atom is -0.355 e. The molecule has 5 nitrogen and oxygen atoms in total. The highest BCUT2D eigenvalue weighted by molar-refractivity contribution is 7.89. The highest BCUT2D eigenvalue weighted by Crippen LogP contribution is 2.20. The molecule has 1 saturated heterocycles. The highest BCUT2D eigenvalue weighted by atomic mass is 32.2. The molecule has 118 valence electrons. The largest absolute Gasteiger partial charge is 0.355 e. The first-order chi connectivity index (χ1) is 10.0. The molecule has 0 radical (unpaired) electrons. The van der Waals surface area contributed by atoms with Crippen molar-refractivity contribution in [3.63, 3.8) is 0 Å². The van der Waals surface area contributed by atoms with Gasteiger partial charge in [0.25, 0.3) is 0 Å². The zero-order valence-electron chi connectivity index (χ0n) is 12.2. The minimum absolute atomic E-state index is 0.0557. The van der Waals surface area contributed by atoms with Crippen LogP contribution in [0.2, 0.25) is 0 Å². The summed E-state index contributed by atoms with van der Waals surface area (Å²) in [5.74, 6) is 0.127. The molecule has 2 rings (SSSR count). The van der Waals surface area contributed by atoms with Crippen LogP contribution in [-0.4, -0.2) is 44.0 Å². The van der Waals surface area contributed by atoms with Gasteiger partial charge in [0.1, 0.15) is 0 Å². The molecule has 1 amide bonds. The Morgan fingerprint density at radius 1 is 1.43 bits per heavy atom. The summed E-state index contributed by atoms with van der Waals surface area (Å²) < 4.78 is 25.0. The summed E-state index contributed by atoms with van der Waals surface area (Å²) in [5.41, 5.74) is 0. The lowest BCUT2D eigenvalue weighted by atomic mass is 9.97. The summed E-state index contributed by atoms with van der Waals surface area (Å²) in [5, 5.41) is 4.99. The van der Waals surface area contributed by atoms with Crippen molar-refractivity contribution in [1.82, 2.24) is 9.62 Å². The number of carbonyl (C=O) groups excluding carboxylic acids is 1. The van der Waals surface area contributed by atoms with E-state index >= 15 is 0 Å². The van der Waals surface area contributed by atoms with Gasteiger partial charge in [0.15, 0.2) is 0 Å². The molecule has 0 atom stereocenters. The number of rotatable bonds is 6. The fourth-order valence-corrected chi connectivity index (χ4v) is 4.33. The predicted octanol–water partition coefficient (Wildman–Crippen LogP) is 1.47. The molecule has 0 bridgehead atoms. The number of nitrogens with zero attached hydrogens (tertiary/aromatic N) is 1. The van der Waals surface area contributed by atoms with E-state index in [9.17, 15) is 13.2 Å². The Morgan fingerprint density at radius 3 is 2.71 bits per heavy atom. The van der Waals surface area contributed by atoms with E-state index < -0.39 is 10.0 Å². The Kier molecular flexibility index (Phi) is 5.78. The average molecular weight is 330 g/mol. The molecule has 1 aromatic rings. The Balaban J connectivity index is 1.73. The van der Waals surface area contributed by atoms with E-state index in [4.69, 9.17) is 0 Å². The number of piperidine rings is 1. The van der Waals surface area contributed by atoms with Crippen molar-refractivity contribution >= 4 is 27.3 Å². The van der Waals surface area contributed by atoms with E-state index in [2.05, 4.69) is 11.4 Å². The normalized spacial score (nSPS) is 17.8. The third-order valence-corrected chi connectivity index (χ3v) is 6.65. The third-order valence-electron chi connectivity index (χ3n) is 3.83. The predicted molar refractivity (Wildman–Crippen MR) is 84.8 cm³/mol. The lowest BCUT2D eigenvalue weighted by molar-refractivity contribution is -0.126. The Hall–Kier alpha value is -0.920. The fourth-order valence-electron chi connectivity index (χ4n) is 2.49. The molecule has 0 spiro atoms. The first-order valence-corrected chi connectivity index (χ1v) is 9.79. The van der Waals surface area contributed by atoms with Crippen LogP contribution in [0.3, 0.4) is 0 Å². The van der Waals surface area contributed by atoms with E-state index in [-0.39, 0.29) is 17.6 Å². The van der Waals surface area contributed by atoms with Gasteiger partial charge in [0, 0.05) is 30.4 Å². The van der Waals surface area contributed by atoms with Gasteiger partial charge in [0.05, 0.1) is 5.75 Å². The van der Waals surface area contributed by atoms with Gasteiger partial charge in [-0.25, -0.2) is 12.7 Å². The van der Waals surface area contributed by atoms with Gasteiger partial charge < -0.3 is 5.32 Å². The van der Waals surface area contributed by atoms with Crippen LogP contribution in [0.25, 0.3) is 0 Å². The van der Waals surface area contributed by atoms with Gasteiger partial charge in [-0.1, -0.05) is 6.07 Å². The standard InChI is InChI=1S/C14H22N2O3S2/c1-2-21(18,19)16-9-6-12(7-10-16)14(17)15-8-5-13-4-3-11-20-13/h3-4,11-12H,2,5-10H2,1H3,(H,15,17). The fraction of sp³-hybridized carbons (Fsp3) is 0.643. The number of thiophene rings is 1. The lowest BCUT2D eigenvalue weighted by Gasteiger charge is -2.30. The number of amides is 1. The lowest BCUT2D eigenvalue weighted by Crippen LogP contribution is -2.43. The van der Waals surface area contributed by atoms with E-state index in [1.165, 1.54) is 9.18 Å². The molecule has 0 aromatic carbocycles. The van der Waals surface area contributed by atoms with Gasteiger partial charge in [-0.2, -0.15) is 0 Å². The molecular weight excluding hydrogens is 308 g/mol. The molecule has 1 aliphatic heterocycles. The first kappa shape index (κ1) is 16.5. The zero-order valence-corrected chi connectivity index (χ0v) is 13.9. The summed E-state index contributed by atoms with van der Waals surface area (Å²) in [6.45, 7) is 3.21. The van der Waals surface area contributed by atoms with Crippen LogP contribution in [0.1, 0.15) is 24.6 Å². The van der Waals surface area contributed by atoms with Gasteiger partial charge >= 0.3 is 0 Å². The van der Waals surface area contributed by atoms with Gasteiger partial charge in [0.2, 0.25) is 15.9 Å². The minimum atomic E-state index is -3.11.